The van der Waals surface area contributed by atoms with Gasteiger partial charge in [-0.3, -0.25) is 0 Å². The lowest BCUT2D eigenvalue weighted by Crippen LogP contribution is -2.03. The van der Waals surface area contributed by atoms with Crippen molar-refractivity contribution in [3.8, 4) is 0 Å². The zero-order valence-corrected chi connectivity index (χ0v) is 9.99. The second kappa shape index (κ2) is 3.85. The first kappa shape index (κ1) is 10.8. The topological polar surface area (TPSA) is 60.4 Å². The van der Waals surface area contributed by atoms with E-state index in [4.69, 9.17) is 10.5 Å². The van der Waals surface area contributed by atoms with E-state index in [9.17, 15) is 5.11 Å². The summed E-state index contributed by atoms with van der Waals surface area (Å²) in [5.74, 6) is 0. The van der Waals surface area contributed by atoms with Crippen LogP contribution >= 0.6 is 22.6 Å². The van der Waals surface area contributed by atoms with Crippen molar-refractivity contribution < 1.29 is 9.84 Å². The van der Waals surface area contributed by atoms with Gasteiger partial charge in [0.05, 0.1) is 15.0 Å². The first-order valence-electron chi connectivity index (χ1n) is 3.81. The van der Waals surface area contributed by atoms with Crippen molar-refractivity contribution in [3.05, 3.63) is 15.0 Å². The smallest absolute Gasteiger partial charge is 0.185 e. The Bertz CT molecular complexity index is 297. The van der Waals surface area contributed by atoms with Crippen LogP contribution in [0.5, 0.6) is 0 Å². The van der Waals surface area contributed by atoms with Gasteiger partial charge in [0.1, 0.15) is 0 Å². The first-order valence-corrected chi connectivity index (χ1v) is 4.89. The fraction of sp³-hybridized carbons (Fsp3) is 0.500. The van der Waals surface area contributed by atoms with E-state index in [1.54, 1.807) is 0 Å². The van der Waals surface area contributed by atoms with E-state index < -0.39 is 6.29 Å². The average Bonchev–Trinajstić information content (AvgIpc) is 2.30. The Morgan fingerprint density at radius 3 is 2.46 bits per heavy atom. The maximum Gasteiger partial charge on any atom is 0.185 e. The molecular formula is C8H13IN2O2. The van der Waals surface area contributed by atoms with Crippen LogP contribution in [0, 0.1) is 10.6 Å². The Morgan fingerprint density at radius 1 is 1.62 bits per heavy atom. The van der Waals surface area contributed by atoms with Crippen molar-refractivity contribution >= 4 is 28.3 Å². The maximum atomic E-state index is 9.51. The molecule has 5 heteroatoms. The van der Waals surface area contributed by atoms with Gasteiger partial charge in [-0.2, -0.15) is 0 Å². The molecule has 1 rings (SSSR count). The summed E-state index contributed by atoms with van der Waals surface area (Å²) in [4.78, 5) is 0. The predicted octanol–water partition coefficient (Wildman–Crippen LogP) is 1.16. The minimum absolute atomic E-state index is 0.598. The molecule has 4 nitrogen and oxygen atoms in total. The Labute approximate surface area is 90.8 Å². The predicted molar refractivity (Wildman–Crippen MR) is 59.2 cm³/mol. The number of halogens is 1. The molecule has 0 aromatic carbocycles. The number of ether oxygens (including phenoxy) is 1. The zero-order chi connectivity index (χ0) is 10.2. The van der Waals surface area contributed by atoms with Crippen LogP contribution in [0.25, 0.3) is 0 Å². The molecule has 0 saturated heterocycles. The third kappa shape index (κ3) is 1.68. The van der Waals surface area contributed by atoms with E-state index in [2.05, 4.69) is 22.6 Å². The number of aliphatic hydroxyl groups excluding tert-OH is 1. The number of aliphatic hydroxyl groups is 1. The van der Waals surface area contributed by atoms with Crippen LogP contribution in [0.3, 0.4) is 0 Å². The summed E-state index contributed by atoms with van der Waals surface area (Å²) in [6, 6.07) is 0. The standard InChI is InChI=1S/C8H13IN2O2/c1-4-6(10)5(8(12)13-3)7(9)11(4)2/h8,12H,10H2,1-3H3. The lowest BCUT2D eigenvalue weighted by molar-refractivity contribution is -0.0770. The highest BCUT2D eigenvalue weighted by atomic mass is 127. The van der Waals surface area contributed by atoms with Gasteiger partial charge in [0.25, 0.3) is 0 Å². The second-order valence-electron chi connectivity index (χ2n) is 2.85. The number of methoxy groups -OCH3 is 1. The van der Waals surface area contributed by atoms with Crippen LogP contribution in [-0.2, 0) is 11.8 Å². The average molecular weight is 296 g/mol. The molecule has 0 bridgehead atoms. The fourth-order valence-electron chi connectivity index (χ4n) is 1.17. The molecule has 0 aliphatic rings. The van der Waals surface area contributed by atoms with Crippen LogP contribution in [-0.4, -0.2) is 16.8 Å². The number of nitrogen functional groups attached to an aromatic ring is 1. The van der Waals surface area contributed by atoms with Crippen LogP contribution in [0.2, 0.25) is 0 Å². The minimum atomic E-state index is -0.938. The molecule has 3 N–H and O–H groups in total. The Morgan fingerprint density at radius 2 is 2.15 bits per heavy atom. The molecule has 13 heavy (non-hydrogen) atoms. The highest BCUT2D eigenvalue weighted by molar-refractivity contribution is 14.1. The van der Waals surface area contributed by atoms with Crippen LogP contribution in [0.4, 0.5) is 5.69 Å². The Hall–Kier alpha value is -0.270. The number of hydrogen-bond donors (Lipinski definition) is 2. The van der Waals surface area contributed by atoms with E-state index in [1.165, 1.54) is 7.11 Å². The number of hydrogen-bond acceptors (Lipinski definition) is 3. The molecule has 1 aromatic rings. The molecule has 1 unspecified atom stereocenters. The summed E-state index contributed by atoms with van der Waals surface area (Å²) >= 11 is 2.13. The van der Waals surface area contributed by atoms with E-state index >= 15 is 0 Å². The van der Waals surface area contributed by atoms with Crippen LogP contribution < -0.4 is 5.73 Å². The number of nitrogens with zero attached hydrogens (tertiary/aromatic N) is 1. The lowest BCUT2D eigenvalue weighted by atomic mass is 10.2. The molecule has 0 amide bonds. The van der Waals surface area contributed by atoms with Crippen molar-refractivity contribution in [2.45, 2.75) is 13.2 Å². The molecule has 0 spiro atoms. The Kier molecular flexibility index (Phi) is 3.20. The van der Waals surface area contributed by atoms with Crippen LogP contribution in [0.1, 0.15) is 17.5 Å². The van der Waals surface area contributed by atoms with Gasteiger partial charge in [-0.1, -0.05) is 0 Å². The summed E-state index contributed by atoms with van der Waals surface area (Å²) < 4.78 is 7.65. The fourth-order valence-corrected chi connectivity index (χ4v) is 2.09. The van der Waals surface area contributed by atoms with Crippen molar-refractivity contribution in [2.75, 3.05) is 12.8 Å². The summed E-state index contributed by atoms with van der Waals surface area (Å²) in [5, 5.41) is 9.51. The van der Waals surface area contributed by atoms with Crippen molar-refractivity contribution in [1.82, 2.24) is 4.57 Å². The number of anilines is 1. The molecule has 74 valence electrons. The zero-order valence-electron chi connectivity index (χ0n) is 7.84. The largest absolute Gasteiger partial charge is 0.397 e. The molecule has 0 saturated carbocycles. The van der Waals surface area contributed by atoms with Gasteiger partial charge in [0.15, 0.2) is 6.29 Å². The number of rotatable bonds is 2. The minimum Gasteiger partial charge on any atom is -0.397 e. The normalized spacial score (nSPS) is 13.3. The monoisotopic (exact) mass is 296 g/mol. The van der Waals surface area contributed by atoms with Gasteiger partial charge in [-0.05, 0) is 29.5 Å². The van der Waals surface area contributed by atoms with Gasteiger partial charge in [-0.15, -0.1) is 0 Å². The Balaban J connectivity index is 3.28. The van der Waals surface area contributed by atoms with Crippen molar-refractivity contribution in [2.24, 2.45) is 7.05 Å². The second-order valence-corrected chi connectivity index (χ2v) is 3.87. The van der Waals surface area contributed by atoms with Crippen LogP contribution in [0.15, 0.2) is 0 Å². The van der Waals surface area contributed by atoms with Gasteiger partial charge >= 0.3 is 0 Å². The molecule has 1 atom stereocenters. The van der Waals surface area contributed by atoms with Gasteiger partial charge in [0.2, 0.25) is 0 Å². The SMILES string of the molecule is COC(O)c1c(N)c(C)n(C)c1I. The molecule has 1 aromatic heterocycles. The highest BCUT2D eigenvalue weighted by Crippen LogP contribution is 2.31. The van der Waals surface area contributed by atoms with E-state index in [1.807, 2.05) is 18.5 Å². The highest BCUT2D eigenvalue weighted by Gasteiger charge is 2.20. The summed E-state index contributed by atoms with van der Waals surface area (Å²) in [5.41, 5.74) is 8.01. The summed E-state index contributed by atoms with van der Waals surface area (Å²) in [7, 11) is 3.35. The summed E-state index contributed by atoms with van der Waals surface area (Å²) in [6.07, 6.45) is -0.938. The first-order chi connectivity index (χ1) is 6.00. The molecule has 0 fully saturated rings. The van der Waals surface area contributed by atoms with Crippen molar-refractivity contribution in [3.63, 3.8) is 0 Å². The van der Waals surface area contributed by atoms with Gasteiger partial charge < -0.3 is 20.1 Å². The van der Waals surface area contributed by atoms with Gasteiger partial charge in [0, 0.05) is 19.9 Å². The third-order valence-corrected chi connectivity index (χ3v) is 3.47. The molecule has 1 heterocycles. The maximum absolute atomic E-state index is 9.51. The molecule has 0 aliphatic heterocycles. The van der Waals surface area contributed by atoms with E-state index in [0.717, 1.165) is 9.39 Å². The van der Waals surface area contributed by atoms with E-state index in [-0.39, 0.29) is 0 Å². The molecular weight excluding hydrogens is 283 g/mol. The molecule has 0 radical (unpaired) electrons. The quantitative estimate of drug-likeness (QED) is 0.636. The van der Waals surface area contributed by atoms with E-state index in [0.29, 0.717) is 11.3 Å². The lowest BCUT2D eigenvalue weighted by Gasteiger charge is -2.08. The third-order valence-electron chi connectivity index (χ3n) is 2.17. The van der Waals surface area contributed by atoms with Crippen molar-refractivity contribution in [1.29, 1.82) is 0 Å². The number of nitrogens with two attached hydrogens (primary N) is 1. The summed E-state index contributed by atoms with van der Waals surface area (Å²) in [6.45, 7) is 1.91. The number of aromatic nitrogens is 1. The molecule has 0 aliphatic carbocycles. The van der Waals surface area contributed by atoms with Gasteiger partial charge in [-0.25, -0.2) is 0 Å².